The van der Waals surface area contributed by atoms with Crippen molar-refractivity contribution in [3.05, 3.63) is 34.9 Å². The van der Waals surface area contributed by atoms with Crippen molar-refractivity contribution < 1.29 is 4.74 Å². The summed E-state index contributed by atoms with van der Waals surface area (Å²) in [6.07, 6.45) is 15.3. The Labute approximate surface area is 160 Å². The largest absolute Gasteiger partial charge is 0.378 e. The first-order chi connectivity index (χ1) is 12.7. The Bertz CT molecular complexity index is 592. The summed E-state index contributed by atoms with van der Waals surface area (Å²) in [5.74, 6) is 3.58. The molecule has 3 aliphatic carbocycles. The minimum atomic E-state index is 0.560. The third-order valence-corrected chi connectivity index (χ3v) is 7.59. The smallest absolute Gasteiger partial charge is 0.0578 e. The van der Waals surface area contributed by atoms with Crippen LogP contribution in [0.5, 0.6) is 0 Å². The second-order valence-electron chi connectivity index (χ2n) is 9.57. The first-order valence-corrected chi connectivity index (χ1v) is 11.5. The Hall–Kier alpha value is -0.820. The zero-order chi connectivity index (χ0) is 17.9. The monoisotopic (exact) mass is 354 g/mol. The summed E-state index contributed by atoms with van der Waals surface area (Å²) in [7, 11) is 0. The number of fused-ring (bicyclic) bond motifs is 2. The fourth-order valence-electron chi connectivity index (χ4n) is 5.91. The van der Waals surface area contributed by atoms with E-state index in [0.717, 1.165) is 30.3 Å². The summed E-state index contributed by atoms with van der Waals surface area (Å²) in [5.41, 5.74) is 4.94. The van der Waals surface area contributed by atoms with Crippen molar-refractivity contribution in [2.24, 2.45) is 17.8 Å². The summed E-state index contributed by atoms with van der Waals surface area (Å²) in [5, 5.41) is 0. The quantitative estimate of drug-likeness (QED) is 0.536. The average Bonchev–Trinajstić information content (AvgIpc) is 2.67. The highest BCUT2D eigenvalue weighted by Gasteiger charge is 2.36. The van der Waals surface area contributed by atoms with Gasteiger partial charge in [0, 0.05) is 6.61 Å². The summed E-state index contributed by atoms with van der Waals surface area (Å²) >= 11 is 0. The Morgan fingerprint density at radius 1 is 0.962 bits per heavy atom. The molecule has 0 aromatic heterocycles. The van der Waals surface area contributed by atoms with Gasteiger partial charge >= 0.3 is 0 Å². The minimum Gasteiger partial charge on any atom is -0.378 e. The number of benzene rings is 1. The van der Waals surface area contributed by atoms with E-state index in [4.69, 9.17) is 4.74 Å². The highest BCUT2D eigenvalue weighted by atomic mass is 16.5. The summed E-state index contributed by atoms with van der Waals surface area (Å²) in [6.45, 7) is 5.64. The maximum Gasteiger partial charge on any atom is 0.0578 e. The van der Waals surface area contributed by atoms with Gasteiger partial charge in [-0.2, -0.15) is 0 Å². The zero-order valence-corrected chi connectivity index (χ0v) is 17.0. The van der Waals surface area contributed by atoms with E-state index in [9.17, 15) is 0 Å². The van der Waals surface area contributed by atoms with Gasteiger partial charge in [0.1, 0.15) is 0 Å². The van der Waals surface area contributed by atoms with Gasteiger partial charge in [-0.25, -0.2) is 0 Å². The van der Waals surface area contributed by atoms with E-state index in [1.165, 1.54) is 70.6 Å². The van der Waals surface area contributed by atoms with Gasteiger partial charge in [0.05, 0.1) is 6.10 Å². The molecule has 0 saturated heterocycles. The van der Waals surface area contributed by atoms with Crippen LogP contribution in [0.4, 0.5) is 0 Å². The van der Waals surface area contributed by atoms with Crippen molar-refractivity contribution in [2.75, 3.05) is 6.61 Å². The van der Waals surface area contributed by atoms with Gasteiger partial charge in [0.25, 0.3) is 0 Å². The van der Waals surface area contributed by atoms with Crippen LogP contribution in [0.15, 0.2) is 18.2 Å². The second kappa shape index (κ2) is 8.46. The molecule has 26 heavy (non-hydrogen) atoms. The molecule has 1 aromatic carbocycles. The first kappa shape index (κ1) is 18.5. The van der Waals surface area contributed by atoms with Crippen molar-refractivity contribution in [1.29, 1.82) is 0 Å². The van der Waals surface area contributed by atoms with Gasteiger partial charge < -0.3 is 4.74 Å². The summed E-state index contributed by atoms with van der Waals surface area (Å²) in [6, 6.07) is 7.53. The van der Waals surface area contributed by atoms with E-state index >= 15 is 0 Å². The fourth-order valence-corrected chi connectivity index (χ4v) is 5.91. The number of hydrogen-bond donors (Lipinski definition) is 0. The van der Waals surface area contributed by atoms with Crippen LogP contribution in [-0.2, 0) is 17.6 Å². The lowest BCUT2D eigenvalue weighted by molar-refractivity contribution is -0.0159. The molecule has 1 aromatic rings. The van der Waals surface area contributed by atoms with E-state index in [1.54, 1.807) is 16.7 Å². The van der Waals surface area contributed by atoms with E-state index in [0.29, 0.717) is 6.10 Å². The normalized spacial score (nSPS) is 34.2. The Morgan fingerprint density at radius 2 is 1.81 bits per heavy atom. The van der Waals surface area contributed by atoms with Crippen molar-refractivity contribution >= 4 is 0 Å². The Balaban J connectivity index is 1.35. The lowest BCUT2D eigenvalue weighted by atomic mass is 9.65. The number of ether oxygens (including phenoxy) is 1. The zero-order valence-electron chi connectivity index (χ0n) is 17.0. The van der Waals surface area contributed by atoms with Crippen LogP contribution in [0.3, 0.4) is 0 Å². The molecule has 5 atom stereocenters. The van der Waals surface area contributed by atoms with Crippen molar-refractivity contribution in [3.63, 3.8) is 0 Å². The third-order valence-electron chi connectivity index (χ3n) is 7.59. The highest BCUT2D eigenvalue weighted by Crippen LogP contribution is 2.47. The third kappa shape index (κ3) is 4.19. The van der Waals surface area contributed by atoms with Gasteiger partial charge in [0.15, 0.2) is 0 Å². The summed E-state index contributed by atoms with van der Waals surface area (Å²) < 4.78 is 6.15. The van der Waals surface area contributed by atoms with Crippen molar-refractivity contribution in [2.45, 2.75) is 96.5 Å². The average molecular weight is 355 g/mol. The van der Waals surface area contributed by atoms with Crippen molar-refractivity contribution in [3.8, 4) is 0 Å². The van der Waals surface area contributed by atoms with Crippen LogP contribution < -0.4 is 0 Å². The SMILES string of the molecule is CCCCOC1CCC2CC(c3ccc4c(c3)CCC(C)C4)CCC2C1. The van der Waals surface area contributed by atoms with Crippen molar-refractivity contribution in [1.82, 2.24) is 0 Å². The molecule has 0 heterocycles. The molecule has 0 bridgehead atoms. The van der Waals surface area contributed by atoms with Gasteiger partial charge in [-0.1, -0.05) is 38.5 Å². The van der Waals surface area contributed by atoms with Gasteiger partial charge in [-0.15, -0.1) is 0 Å². The van der Waals surface area contributed by atoms with Crippen LogP contribution in [0.25, 0.3) is 0 Å². The van der Waals surface area contributed by atoms with Crippen LogP contribution in [0, 0.1) is 17.8 Å². The van der Waals surface area contributed by atoms with Gasteiger partial charge in [0.2, 0.25) is 0 Å². The highest BCUT2D eigenvalue weighted by molar-refractivity contribution is 5.36. The minimum absolute atomic E-state index is 0.560. The molecule has 1 heteroatoms. The maximum absolute atomic E-state index is 6.15. The molecule has 1 nitrogen and oxygen atoms in total. The maximum atomic E-state index is 6.15. The molecule has 3 aliphatic rings. The fraction of sp³-hybridized carbons (Fsp3) is 0.760. The molecule has 144 valence electrons. The molecule has 0 N–H and O–H groups in total. The molecular weight excluding hydrogens is 316 g/mol. The van der Waals surface area contributed by atoms with E-state index in [2.05, 4.69) is 32.0 Å². The van der Waals surface area contributed by atoms with Gasteiger partial charge in [-0.05, 0) is 105 Å². The lowest BCUT2D eigenvalue weighted by Crippen LogP contribution is -2.34. The number of aryl methyl sites for hydroxylation is 1. The molecule has 5 unspecified atom stereocenters. The summed E-state index contributed by atoms with van der Waals surface area (Å²) in [4.78, 5) is 0. The van der Waals surface area contributed by atoms with E-state index in [1.807, 2.05) is 0 Å². The van der Waals surface area contributed by atoms with Crippen LogP contribution in [0.1, 0.15) is 94.2 Å². The molecule has 2 fully saturated rings. The first-order valence-electron chi connectivity index (χ1n) is 11.5. The molecular formula is C25H38O. The number of unbranched alkanes of at least 4 members (excludes halogenated alkanes) is 1. The topological polar surface area (TPSA) is 9.23 Å². The lowest BCUT2D eigenvalue weighted by Gasteiger charge is -2.42. The Morgan fingerprint density at radius 3 is 2.69 bits per heavy atom. The van der Waals surface area contributed by atoms with Gasteiger partial charge in [-0.3, -0.25) is 0 Å². The van der Waals surface area contributed by atoms with Crippen LogP contribution in [-0.4, -0.2) is 12.7 Å². The predicted molar refractivity (Wildman–Crippen MR) is 110 cm³/mol. The predicted octanol–water partition coefficient (Wildman–Crippen LogP) is 6.68. The number of hydrogen-bond acceptors (Lipinski definition) is 1. The second-order valence-corrected chi connectivity index (χ2v) is 9.57. The van der Waals surface area contributed by atoms with E-state index < -0.39 is 0 Å². The molecule has 0 aliphatic heterocycles. The standard InChI is InChI=1S/C25H38O/c1-3-4-13-26-25-12-11-23-16-22(9-10-24(23)17-25)21-8-7-19-14-18(2)5-6-20(19)15-21/h7-8,15,18,22-25H,3-6,9-14,16-17H2,1-2H3. The molecule has 4 rings (SSSR count). The molecule has 2 saturated carbocycles. The molecule has 0 spiro atoms. The van der Waals surface area contributed by atoms with Crippen LogP contribution in [0.2, 0.25) is 0 Å². The molecule has 0 amide bonds. The van der Waals surface area contributed by atoms with Crippen LogP contribution >= 0.6 is 0 Å². The van der Waals surface area contributed by atoms with E-state index in [-0.39, 0.29) is 0 Å². The Kier molecular flexibility index (Phi) is 6.03. The molecule has 0 radical (unpaired) electrons. The number of rotatable bonds is 5.